The summed E-state index contributed by atoms with van der Waals surface area (Å²) in [5.41, 5.74) is 1.12. The Morgan fingerprint density at radius 2 is 1.65 bits per heavy atom. The van der Waals surface area contributed by atoms with Crippen molar-refractivity contribution in [3.8, 4) is 0 Å². The molecule has 20 heavy (non-hydrogen) atoms. The average Bonchev–Trinajstić information content (AvgIpc) is 2.38. The van der Waals surface area contributed by atoms with Gasteiger partial charge in [0.1, 0.15) is 0 Å². The number of anilines is 1. The van der Waals surface area contributed by atoms with Crippen molar-refractivity contribution in [1.82, 2.24) is 0 Å². The molecule has 0 aromatic heterocycles. The van der Waals surface area contributed by atoms with Gasteiger partial charge in [-0.2, -0.15) is 0 Å². The maximum Gasteiger partial charge on any atom is 0.512 e. The number of hydrogen-bond donors (Lipinski definition) is 1. The van der Waals surface area contributed by atoms with Crippen molar-refractivity contribution in [3.63, 3.8) is 0 Å². The Bertz CT molecular complexity index is 593. The number of benzene rings is 2. The largest absolute Gasteiger partial charge is 0.512 e. The zero-order valence-corrected chi connectivity index (χ0v) is 10.8. The molecule has 0 fully saturated rings. The van der Waals surface area contributed by atoms with Crippen molar-refractivity contribution in [1.29, 1.82) is 0 Å². The van der Waals surface area contributed by atoms with E-state index in [2.05, 4.69) is 5.32 Å². The van der Waals surface area contributed by atoms with Crippen molar-refractivity contribution in [2.75, 3.05) is 5.32 Å². The van der Waals surface area contributed by atoms with Gasteiger partial charge in [-0.1, -0.05) is 35.3 Å². The van der Waals surface area contributed by atoms with Gasteiger partial charge >= 0.3 is 6.98 Å². The monoisotopic (exact) mass is 282 g/mol. The van der Waals surface area contributed by atoms with Crippen LogP contribution in [-0.2, 0) is 6.54 Å². The van der Waals surface area contributed by atoms with Crippen molar-refractivity contribution in [3.05, 3.63) is 59.4 Å². The molecule has 1 N–H and O–H groups in total. The standard InChI is InChI=1S/C14H13BF4N/c1-10-2-5-12(6-3-10)20-9-11-4-7-14(16)13(8-11)15(17,18)19/h2-8,20H,9H2,1H3/q-1. The predicted octanol–water partition coefficient (Wildman–Crippen LogP) is 3.80. The van der Waals surface area contributed by atoms with Crippen LogP contribution in [0.2, 0.25) is 0 Å². The molecule has 0 heterocycles. The number of halogens is 4. The summed E-state index contributed by atoms with van der Waals surface area (Å²) >= 11 is 0. The summed E-state index contributed by atoms with van der Waals surface area (Å²) in [6, 6.07) is 10.5. The fraction of sp³-hybridized carbons (Fsp3) is 0.143. The van der Waals surface area contributed by atoms with Crippen LogP contribution < -0.4 is 10.8 Å². The average molecular weight is 282 g/mol. The molecule has 0 aliphatic rings. The van der Waals surface area contributed by atoms with E-state index in [1.54, 1.807) is 0 Å². The predicted molar refractivity (Wildman–Crippen MR) is 73.6 cm³/mol. The highest BCUT2D eigenvalue weighted by Crippen LogP contribution is 2.15. The van der Waals surface area contributed by atoms with Crippen molar-refractivity contribution in [2.24, 2.45) is 0 Å². The van der Waals surface area contributed by atoms with Gasteiger partial charge in [0.25, 0.3) is 0 Å². The van der Waals surface area contributed by atoms with E-state index in [1.807, 2.05) is 31.2 Å². The molecule has 0 aliphatic carbocycles. The number of aryl methyl sites for hydroxylation is 1. The SMILES string of the molecule is Cc1ccc(NCc2ccc(F)c([B-](F)(F)F)c2)cc1. The summed E-state index contributed by atoms with van der Waals surface area (Å²) in [6.07, 6.45) is 0. The first kappa shape index (κ1) is 14.4. The summed E-state index contributed by atoms with van der Waals surface area (Å²) in [5, 5.41) is 3.00. The van der Waals surface area contributed by atoms with Crippen LogP contribution >= 0.6 is 0 Å². The van der Waals surface area contributed by atoms with Gasteiger partial charge in [0, 0.05) is 12.2 Å². The minimum atomic E-state index is -5.33. The zero-order valence-electron chi connectivity index (χ0n) is 10.8. The lowest BCUT2D eigenvalue weighted by atomic mass is 9.79. The van der Waals surface area contributed by atoms with E-state index in [9.17, 15) is 17.3 Å². The summed E-state index contributed by atoms with van der Waals surface area (Å²) in [7, 11) is 0. The summed E-state index contributed by atoms with van der Waals surface area (Å²) in [4.78, 5) is 0. The van der Waals surface area contributed by atoms with Gasteiger partial charge in [-0.25, -0.2) is 4.39 Å². The first-order chi connectivity index (χ1) is 9.36. The highest BCUT2D eigenvalue weighted by atomic mass is 19.4. The lowest BCUT2D eigenvalue weighted by molar-refractivity contribution is 0.494. The molecule has 0 atom stereocenters. The molecule has 2 rings (SSSR count). The Labute approximate surface area is 114 Å². The van der Waals surface area contributed by atoms with E-state index in [0.29, 0.717) is 5.56 Å². The zero-order chi connectivity index (χ0) is 14.8. The molecule has 2 aromatic carbocycles. The van der Waals surface area contributed by atoms with Gasteiger partial charge in [0.15, 0.2) is 0 Å². The molecule has 2 aromatic rings. The minimum absolute atomic E-state index is 0.211. The smallest absolute Gasteiger partial charge is 0.445 e. The Morgan fingerprint density at radius 1 is 1.00 bits per heavy atom. The number of rotatable bonds is 4. The minimum Gasteiger partial charge on any atom is -0.445 e. The Balaban J connectivity index is 2.12. The molecule has 0 spiro atoms. The van der Waals surface area contributed by atoms with Crippen LogP contribution in [-0.4, -0.2) is 6.98 Å². The van der Waals surface area contributed by atoms with E-state index in [0.717, 1.165) is 23.4 Å². The van der Waals surface area contributed by atoms with E-state index in [4.69, 9.17) is 0 Å². The maximum absolute atomic E-state index is 13.1. The summed E-state index contributed by atoms with van der Waals surface area (Å²) in [5.74, 6) is -1.23. The van der Waals surface area contributed by atoms with Gasteiger partial charge in [-0.05, 0) is 30.7 Å². The van der Waals surface area contributed by atoms with Gasteiger partial charge < -0.3 is 18.3 Å². The second kappa shape index (κ2) is 5.57. The second-order valence-electron chi connectivity index (χ2n) is 4.65. The molecule has 0 aliphatic heterocycles. The van der Waals surface area contributed by atoms with Crippen molar-refractivity contribution in [2.45, 2.75) is 13.5 Å². The van der Waals surface area contributed by atoms with Crippen LogP contribution in [0.5, 0.6) is 0 Å². The molecule has 0 unspecified atom stereocenters. The normalized spacial score (nSPS) is 11.4. The van der Waals surface area contributed by atoms with Crippen LogP contribution in [0.4, 0.5) is 23.0 Å². The van der Waals surface area contributed by atoms with E-state index >= 15 is 0 Å². The molecular formula is C14H13BF4N-. The fourth-order valence-electron chi connectivity index (χ4n) is 1.83. The molecule has 106 valence electrons. The fourth-order valence-corrected chi connectivity index (χ4v) is 1.83. The quantitative estimate of drug-likeness (QED) is 0.664. The highest BCUT2D eigenvalue weighted by Gasteiger charge is 2.28. The van der Waals surface area contributed by atoms with Gasteiger partial charge in [-0.15, -0.1) is 0 Å². The third-order valence-electron chi connectivity index (χ3n) is 2.96. The Kier molecular flexibility index (Phi) is 4.02. The first-order valence-electron chi connectivity index (χ1n) is 6.15. The Morgan fingerprint density at radius 3 is 2.25 bits per heavy atom. The van der Waals surface area contributed by atoms with Crippen molar-refractivity contribution < 1.29 is 17.3 Å². The number of hydrogen-bond acceptors (Lipinski definition) is 1. The van der Waals surface area contributed by atoms with Crippen LogP contribution in [0.15, 0.2) is 42.5 Å². The van der Waals surface area contributed by atoms with E-state index in [-0.39, 0.29) is 6.54 Å². The molecule has 0 radical (unpaired) electrons. The molecule has 0 saturated carbocycles. The molecule has 0 bridgehead atoms. The topological polar surface area (TPSA) is 12.0 Å². The molecule has 0 saturated heterocycles. The third kappa shape index (κ3) is 3.53. The summed E-state index contributed by atoms with van der Waals surface area (Å²) < 4.78 is 51.1. The van der Waals surface area contributed by atoms with Crippen LogP contribution in [0, 0.1) is 12.7 Å². The number of nitrogens with one attached hydrogen (secondary N) is 1. The second-order valence-corrected chi connectivity index (χ2v) is 4.65. The molecule has 6 heteroatoms. The third-order valence-corrected chi connectivity index (χ3v) is 2.96. The van der Waals surface area contributed by atoms with Gasteiger partial charge in [0.2, 0.25) is 0 Å². The van der Waals surface area contributed by atoms with Crippen LogP contribution in [0.25, 0.3) is 0 Å². The van der Waals surface area contributed by atoms with E-state index in [1.165, 1.54) is 6.07 Å². The lowest BCUT2D eigenvalue weighted by Crippen LogP contribution is -2.37. The van der Waals surface area contributed by atoms with E-state index < -0.39 is 18.3 Å². The van der Waals surface area contributed by atoms with Crippen molar-refractivity contribution >= 4 is 18.1 Å². The molecule has 1 nitrogen and oxygen atoms in total. The van der Waals surface area contributed by atoms with Crippen LogP contribution in [0.3, 0.4) is 0 Å². The van der Waals surface area contributed by atoms with Gasteiger partial charge in [0.05, 0.1) is 5.82 Å². The molecular weight excluding hydrogens is 269 g/mol. The van der Waals surface area contributed by atoms with Gasteiger partial charge in [-0.3, -0.25) is 0 Å². The van der Waals surface area contributed by atoms with Crippen LogP contribution in [0.1, 0.15) is 11.1 Å². The molecule has 0 amide bonds. The summed E-state index contributed by atoms with van der Waals surface area (Å²) in [6.45, 7) is -3.17. The highest BCUT2D eigenvalue weighted by molar-refractivity contribution is 6.73. The first-order valence-corrected chi connectivity index (χ1v) is 6.15. The maximum atomic E-state index is 13.1. The Hall–Kier alpha value is -1.98. The lowest BCUT2D eigenvalue weighted by Gasteiger charge is -2.17.